The Hall–Kier alpha value is 1.69. The predicted octanol–water partition coefficient (Wildman–Crippen LogP) is 5.55. The fourth-order valence-electron chi connectivity index (χ4n) is 1.27. The normalized spacial score (nSPS) is 12.9. The Labute approximate surface area is 152 Å². The topological polar surface area (TPSA) is 9.23 Å². The standard InChI is InChI=1S/C12H14BrI3O/c1-7(2)8(5-13)6-17-12-10(15)3-9(14)4-11(12)16/h3-4,7-8H,5-6H2,1-2H3. The molecule has 1 aromatic rings. The molecular formula is C12H14BrI3O. The molecule has 0 bridgehead atoms. The number of ether oxygens (including phenoxy) is 1. The summed E-state index contributed by atoms with van der Waals surface area (Å²) in [6, 6.07) is 4.30. The Kier molecular flexibility index (Phi) is 7.96. The molecule has 1 rings (SSSR count). The first-order valence-corrected chi connectivity index (χ1v) is 9.64. The number of hydrogen-bond acceptors (Lipinski definition) is 1. The Morgan fingerprint density at radius 3 is 2.12 bits per heavy atom. The Morgan fingerprint density at radius 1 is 1.18 bits per heavy atom. The van der Waals surface area contributed by atoms with E-state index in [4.69, 9.17) is 4.74 Å². The highest BCUT2D eigenvalue weighted by Crippen LogP contribution is 2.30. The minimum absolute atomic E-state index is 0.556. The summed E-state index contributed by atoms with van der Waals surface area (Å²) in [6.45, 7) is 5.24. The van der Waals surface area contributed by atoms with E-state index in [0.717, 1.165) is 17.7 Å². The summed E-state index contributed by atoms with van der Waals surface area (Å²) in [5.41, 5.74) is 0. The molecular weight excluding hydrogens is 621 g/mol. The van der Waals surface area contributed by atoms with Gasteiger partial charge in [0.05, 0.1) is 13.7 Å². The number of halogens is 4. The second kappa shape index (κ2) is 8.08. The molecule has 0 N–H and O–H groups in total. The van der Waals surface area contributed by atoms with Crippen molar-refractivity contribution in [1.29, 1.82) is 0 Å². The van der Waals surface area contributed by atoms with Gasteiger partial charge in [-0.2, -0.15) is 0 Å². The first-order valence-electron chi connectivity index (χ1n) is 5.29. The predicted molar refractivity (Wildman–Crippen MR) is 102 cm³/mol. The van der Waals surface area contributed by atoms with Crippen molar-refractivity contribution in [2.75, 3.05) is 11.9 Å². The molecule has 0 radical (unpaired) electrons. The lowest BCUT2D eigenvalue weighted by Gasteiger charge is -2.20. The lowest BCUT2D eigenvalue weighted by molar-refractivity contribution is 0.225. The molecule has 5 heteroatoms. The number of rotatable bonds is 5. The molecule has 1 aromatic carbocycles. The summed E-state index contributed by atoms with van der Waals surface area (Å²) in [6.07, 6.45) is 0. The van der Waals surface area contributed by atoms with Crippen LogP contribution in [0.4, 0.5) is 0 Å². The van der Waals surface area contributed by atoms with E-state index in [1.165, 1.54) is 10.7 Å². The van der Waals surface area contributed by atoms with Crippen LogP contribution in [0.25, 0.3) is 0 Å². The van der Waals surface area contributed by atoms with Crippen LogP contribution in [0.15, 0.2) is 12.1 Å². The zero-order valence-corrected chi connectivity index (χ0v) is 17.7. The van der Waals surface area contributed by atoms with Gasteiger partial charge in [0, 0.05) is 14.8 Å². The smallest absolute Gasteiger partial charge is 0.146 e. The van der Waals surface area contributed by atoms with E-state index in [1.807, 2.05) is 0 Å². The highest BCUT2D eigenvalue weighted by molar-refractivity contribution is 14.1. The largest absolute Gasteiger partial charge is 0.491 e. The minimum atomic E-state index is 0.556. The van der Waals surface area contributed by atoms with Crippen molar-refractivity contribution in [3.8, 4) is 5.75 Å². The maximum absolute atomic E-state index is 5.99. The van der Waals surface area contributed by atoms with Crippen molar-refractivity contribution in [3.63, 3.8) is 0 Å². The van der Waals surface area contributed by atoms with Crippen LogP contribution in [0.2, 0.25) is 0 Å². The van der Waals surface area contributed by atoms with Crippen molar-refractivity contribution in [2.24, 2.45) is 11.8 Å². The second-order valence-electron chi connectivity index (χ2n) is 4.17. The summed E-state index contributed by atoms with van der Waals surface area (Å²) < 4.78 is 9.62. The van der Waals surface area contributed by atoms with Crippen LogP contribution >= 0.6 is 83.7 Å². The minimum Gasteiger partial charge on any atom is -0.491 e. The van der Waals surface area contributed by atoms with Crippen molar-refractivity contribution >= 4 is 83.7 Å². The third-order valence-corrected chi connectivity index (χ3v) is 5.60. The second-order valence-corrected chi connectivity index (χ2v) is 8.39. The molecule has 0 aromatic heterocycles. The van der Waals surface area contributed by atoms with Crippen LogP contribution < -0.4 is 4.74 Å². The first kappa shape index (κ1) is 16.7. The summed E-state index contributed by atoms with van der Waals surface area (Å²) in [5.74, 6) is 2.22. The third kappa shape index (κ3) is 5.29. The zero-order valence-electron chi connectivity index (χ0n) is 9.64. The highest BCUT2D eigenvalue weighted by atomic mass is 127. The average molecular weight is 635 g/mol. The van der Waals surface area contributed by atoms with Gasteiger partial charge in [-0.25, -0.2) is 0 Å². The van der Waals surface area contributed by atoms with E-state index < -0.39 is 0 Å². The number of benzene rings is 1. The molecule has 0 aliphatic rings. The molecule has 0 amide bonds. The Bertz CT molecular complexity index is 359. The van der Waals surface area contributed by atoms with E-state index in [0.29, 0.717) is 11.8 Å². The van der Waals surface area contributed by atoms with Gasteiger partial charge in [-0.15, -0.1) is 0 Å². The molecule has 1 atom stereocenters. The monoisotopic (exact) mass is 634 g/mol. The van der Waals surface area contributed by atoms with Crippen molar-refractivity contribution in [1.82, 2.24) is 0 Å². The molecule has 1 unspecified atom stereocenters. The third-order valence-electron chi connectivity index (χ3n) is 2.55. The molecule has 17 heavy (non-hydrogen) atoms. The summed E-state index contributed by atoms with van der Waals surface area (Å²) >= 11 is 10.6. The lowest BCUT2D eigenvalue weighted by atomic mass is 9.99. The van der Waals surface area contributed by atoms with Gasteiger partial charge < -0.3 is 4.74 Å². The highest BCUT2D eigenvalue weighted by Gasteiger charge is 2.15. The van der Waals surface area contributed by atoms with Gasteiger partial charge in [-0.1, -0.05) is 29.8 Å². The zero-order chi connectivity index (χ0) is 13.0. The van der Waals surface area contributed by atoms with Crippen LogP contribution in [0.1, 0.15) is 13.8 Å². The summed E-state index contributed by atoms with van der Waals surface area (Å²) in [5, 5.41) is 0.988. The molecule has 0 aliphatic carbocycles. The molecule has 96 valence electrons. The van der Waals surface area contributed by atoms with Crippen molar-refractivity contribution < 1.29 is 4.74 Å². The molecule has 1 nitrogen and oxygen atoms in total. The fourth-order valence-corrected chi connectivity index (χ4v) is 6.10. The summed E-state index contributed by atoms with van der Waals surface area (Å²) in [7, 11) is 0. The lowest BCUT2D eigenvalue weighted by Crippen LogP contribution is -2.19. The van der Waals surface area contributed by atoms with Gasteiger partial charge >= 0.3 is 0 Å². The van der Waals surface area contributed by atoms with Crippen LogP contribution in [0.3, 0.4) is 0 Å². The van der Waals surface area contributed by atoms with Gasteiger partial charge in [0.2, 0.25) is 0 Å². The van der Waals surface area contributed by atoms with E-state index >= 15 is 0 Å². The van der Waals surface area contributed by atoms with Crippen molar-refractivity contribution in [3.05, 3.63) is 22.8 Å². The summed E-state index contributed by atoms with van der Waals surface area (Å²) in [4.78, 5) is 0. The van der Waals surface area contributed by atoms with Gasteiger partial charge in [0.15, 0.2) is 0 Å². The quantitative estimate of drug-likeness (QED) is 0.305. The number of alkyl halides is 1. The maximum Gasteiger partial charge on any atom is 0.146 e. The molecule has 0 spiro atoms. The van der Waals surface area contributed by atoms with Gasteiger partial charge in [-0.3, -0.25) is 0 Å². The van der Waals surface area contributed by atoms with Gasteiger partial charge in [-0.05, 0) is 85.8 Å². The van der Waals surface area contributed by atoms with E-state index in [1.54, 1.807) is 0 Å². The molecule has 0 aliphatic heterocycles. The van der Waals surface area contributed by atoms with E-state index in [9.17, 15) is 0 Å². The molecule has 0 saturated carbocycles. The Balaban J connectivity index is 2.75. The number of hydrogen-bond donors (Lipinski definition) is 0. The van der Waals surface area contributed by atoms with Gasteiger partial charge in [0.25, 0.3) is 0 Å². The molecule has 0 saturated heterocycles. The van der Waals surface area contributed by atoms with Crippen LogP contribution in [-0.2, 0) is 0 Å². The molecule has 0 heterocycles. The van der Waals surface area contributed by atoms with Crippen LogP contribution in [0, 0.1) is 22.5 Å². The van der Waals surface area contributed by atoms with Crippen LogP contribution in [0.5, 0.6) is 5.75 Å². The van der Waals surface area contributed by atoms with E-state index in [2.05, 4.69) is 110 Å². The van der Waals surface area contributed by atoms with Crippen molar-refractivity contribution in [2.45, 2.75) is 13.8 Å². The van der Waals surface area contributed by atoms with Gasteiger partial charge in [0.1, 0.15) is 5.75 Å². The SMILES string of the molecule is CC(C)C(CBr)COc1c(I)cc(I)cc1I. The maximum atomic E-state index is 5.99. The fraction of sp³-hybridized carbons (Fsp3) is 0.500. The molecule has 0 fully saturated rings. The van der Waals surface area contributed by atoms with Crippen LogP contribution in [-0.4, -0.2) is 11.9 Å². The van der Waals surface area contributed by atoms with E-state index in [-0.39, 0.29) is 0 Å². The Morgan fingerprint density at radius 2 is 1.71 bits per heavy atom. The average Bonchev–Trinajstić information content (AvgIpc) is 2.21. The first-order chi connectivity index (χ1) is 7.95.